The maximum Gasteiger partial charge on any atom is 0.326 e. The molecular formula is C24H22F2N4O4. The number of halogens is 2. The molecule has 3 heterocycles. The van der Waals surface area contributed by atoms with Crippen LogP contribution in [-0.4, -0.2) is 41.2 Å². The number of anilines is 2. The van der Waals surface area contributed by atoms with Crippen LogP contribution in [0.3, 0.4) is 0 Å². The van der Waals surface area contributed by atoms with E-state index < -0.39 is 24.4 Å². The summed E-state index contributed by atoms with van der Waals surface area (Å²) in [6, 6.07) is 8.09. The smallest absolute Gasteiger partial charge is 0.322 e. The van der Waals surface area contributed by atoms with E-state index in [0.717, 1.165) is 5.56 Å². The summed E-state index contributed by atoms with van der Waals surface area (Å²) in [7, 11) is 0. The first-order chi connectivity index (χ1) is 16.3. The van der Waals surface area contributed by atoms with E-state index in [-0.39, 0.29) is 36.8 Å². The third kappa shape index (κ3) is 3.89. The molecule has 0 aromatic heterocycles. The normalized spacial score (nSPS) is 19.7. The maximum absolute atomic E-state index is 13.2. The van der Waals surface area contributed by atoms with Crippen LogP contribution in [0.15, 0.2) is 36.4 Å². The number of rotatable bonds is 3. The van der Waals surface area contributed by atoms with Crippen molar-refractivity contribution in [1.29, 1.82) is 0 Å². The van der Waals surface area contributed by atoms with Crippen molar-refractivity contribution in [3.8, 4) is 0 Å². The average molecular weight is 468 g/mol. The number of hydrogen-bond donors (Lipinski definition) is 2. The van der Waals surface area contributed by atoms with Crippen molar-refractivity contribution >= 4 is 35.1 Å². The highest BCUT2D eigenvalue weighted by atomic mass is 19.3. The molecule has 1 saturated heterocycles. The number of piperidine rings is 1. The van der Waals surface area contributed by atoms with Gasteiger partial charge in [0.1, 0.15) is 6.04 Å². The Morgan fingerprint density at radius 2 is 1.88 bits per heavy atom. The van der Waals surface area contributed by atoms with Crippen molar-refractivity contribution in [1.82, 2.24) is 10.2 Å². The van der Waals surface area contributed by atoms with Gasteiger partial charge in [-0.05, 0) is 54.7 Å². The molecule has 5 amide bonds. The van der Waals surface area contributed by atoms with Gasteiger partial charge in [0.2, 0.25) is 11.8 Å². The van der Waals surface area contributed by atoms with E-state index in [1.807, 2.05) is 0 Å². The largest absolute Gasteiger partial charge is 0.326 e. The van der Waals surface area contributed by atoms with Crippen molar-refractivity contribution < 1.29 is 28.0 Å². The molecule has 34 heavy (non-hydrogen) atoms. The summed E-state index contributed by atoms with van der Waals surface area (Å²) in [6.45, 7) is 0.590. The predicted molar refractivity (Wildman–Crippen MR) is 119 cm³/mol. The van der Waals surface area contributed by atoms with Crippen molar-refractivity contribution in [2.45, 2.75) is 44.7 Å². The van der Waals surface area contributed by atoms with E-state index in [0.29, 0.717) is 41.9 Å². The minimum Gasteiger partial charge on any atom is -0.322 e. The van der Waals surface area contributed by atoms with E-state index in [1.54, 1.807) is 24.3 Å². The third-order valence-corrected chi connectivity index (χ3v) is 6.50. The number of imide groups is 1. The Hall–Kier alpha value is -3.82. The second kappa shape index (κ2) is 8.51. The van der Waals surface area contributed by atoms with E-state index in [9.17, 15) is 28.0 Å². The summed E-state index contributed by atoms with van der Waals surface area (Å²) < 4.78 is 26.4. The van der Waals surface area contributed by atoms with Gasteiger partial charge in [-0.15, -0.1) is 0 Å². The highest BCUT2D eigenvalue weighted by Gasteiger charge is 2.39. The molecule has 0 spiro atoms. The number of fused-ring (bicyclic) bond motifs is 2. The number of amides is 5. The fraction of sp³-hybridized carbons (Fsp3) is 0.333. The van der Waals surface area contributed by atoms with Gasteiger partial charge in [-0.3, -0.25) is 24.6 Å². The van der Waals surface area contributed by atoms with E-state index >= 15 is 0 Å². The Bertz CT molecular complexity index is 1220. The van der Waals surface area contributed by atoms with Crippen LogP contribution < -0.4 is 15.5 Å². The zero-order chi connectivity index (χ0) is 24.0. The van der Waals surface area contributed by atoms with Crippen molar-refractivity contribution in [3.05, 3.63) is 58.7 Å². The van der Waals surface area contributed by atoms with Crippen molar-refractivity contribution in [3.63, 3.8) is 0 Å². The molecule has 0 bridgehead atoms. The van der Waals surface area contributed by atoms with Crippen LogP contribution in [0.25, 0.3) is 0 Å². The van der Waals surface area contributed by atoms with Gasteiger partial charge in [0, 0.05) is 42.0 Å². The zero-order valence-electron chi connectivity index (χ0n) is 18.1. The fourth-order valence-electron chi connectivity index (χ4n) is 4.78. The monoisotopic (exact) mass is 468 g/mol. The molecule has 3 aliphatic heterocycles. The fourth-order valence-corrected chi connectivity index (χ4v) is 4.78. The Morgan fingerprint density at radius 1 is 1.06 bits per heavy atom. The standard InChI is InChI=1S/C24H22F2N4O4/c25-21(26)14-4-3-13-2-1-9-29(19(13)11-14)24(34)27-16-5-6-17-15(10-16)12-30(23(17)33)18-7-8-20(31)28-22(18)32/h3-6,10-11,18,21H,1-2,7-9,12H2,(H,27,34)(H,28,31,32). The molecule has 2 aromatic rings. The molecule has 0 saturated carbocycles. The summed E-state index contributed by atoms with van der Waals surface area (Å²) in [5.41, 5.74) is 2.73. The second-order valence-electron chi connectivity index (χ2n) is 8.65. The van der Waals surface area contributed by atoms with Gasteiger partial charge in [-0.1, -0.05) is 12.1 Å². The van der Waals surface area contributed by atoms with Gasteiger partial charge in [-0.2, -0.15) is 0 Å². The molecule has 8 nitrogen and oxygen atoms in total. The lowest BCUT2D eigenvalue weighted by Gasteiger charge is -2.30. The minimum atomic E-state index is -2.63. The molecule has 2 N–H and O–H groups in total. The molecule has 10 heteroatoms. The van der Waals surface area contributed by atoms with Crippen LogP contribution in [-0.2, 0) is 22.6 Å². The number of hydrogen-bond acceptors (Lipinski definition) is 4. The predicted octanol–water partition coefficient (Wildman–Crippen LogP) is 3.37. The van der Waals surface area contributed by atoms with Gasteiger partial charge in [0.05, 0.1) is 0 Å². The van der Waals surface area contributed by atoms with Gasteiger partial charge in [0.25, 0.3) is 12.3 Å². The van der Waals surface area contributed by atoms with E-state index in [4.69, 9.17) is 0 Å². The first kappa shape index (κ1) is 22.0. The van der Waals surface area contributed by atoms with Crippen LogP contribution in [0.1, 0.15) is 52.7 Å². The number of alkyl halides is 2. The quantitative estimate of drug-likeness (QED) is 0.675. The number of urea groups is 1. The summed E-state index contributed by atoms with van der Waals surface area (Å²) in [4.78, 5) is 52.4. The minimum absolute atomic E-state index is 0.136. The zero-order valence-corrected chi connectivity index (χ0v) is 18.1. The van der Waals surface area contributed by atoms with Crippen LogP contribution in [0.2, 0.25) is 0 Å². The van der Waals surface area contributed by atoms with Gasteiger partial charge in [0.15, 0.2) is 0 Å². The Labute approximate surface area is 193 Å². The molecule has 0 aliphatic carbocycles. The lowest BCUT2D eigenvalue weighted by molar-refractivity contribution is -0.136. The SMILES string of the molecule is O=C1CCC(N2Cc3cc(NC(=O)N4CCCc5ccc(C(F)F)cc54)ccc3C2=O)C(=O)N1. The molecule has 2 aromatic carbocycles. The van der Waals surface area contributed by atoms with E-state index in [2.05, 4.69) is 10.6 Å². The first-order valence-corrected chi connectivity index (χ1v) is 11.1. The van der Waals surface area contributed by atoms with Crippen molar-refractivity contribution in [2.75, 3.05) is 16.8 Å². The molecule has 1 fully saturated rings. The summed E-state index contributed by atoms with van der Waals surface area (Å²) in [6.07, 6.45) is -0.766. The number of nitrogens with zero attached hydrogens (tertiary/aromatic N) is 2. The highest BCUT2D eigenvalue weighted by Crippen LogP contribution is 2.33. The van der Waals surface area contributed by atoms with Crippen LogP contribution in [0, 0.1) is 0 Å². The Kier molecular flexibility index (Phi) is 5.51. The van der Waals surface area contributed by atoms with Crippen molar-refractivity contribution in [2.24, 2.45) is 0 Å². The summed E-state index contributed by atoms with van der Waals surface area (Å²) in [5, 5.41) is 5.07. The topological polar surface area (TPSA) is 98.8 Å². The first-order valence-electron chi connectivity index (χ1n) is 11.1. The number of carbonyl (C=O) groups excluding carboxylic acids is 4. The van der Waals surface area contributed by atoms with Crippen LogP contribution in [0.5, 0.6) is 0 Å². The molecule has 3 aliphatic rings. The number of nitrogens with one attached hydrogen (secondary N) is 2. The average Bonchev–Trinajstić information content (AvgIpc) is 3.13. The third-order valence-electron chi connectivity index (χ3n) is 6.50. The Balaban J connectivity index is 1.33. The summed E-state index contributed by atoms with van der Waals surface area (Å²) in [5.74, 6) is -1.14. The number of aryl methyl sites for hydroxylation is 1. The number of carbonyl (C=O) groups is 4. The molecular weight excluding hydrogens is 446 g/mol. The molecule has 1 atom stereocenters. The highest BCUT2D eigenvalue weighted by molar-refractivity contribution is 6.06. The number of benzene rings is 2. The maximum atomic E-state index is 13.2. The van der Waals surface area contributed by atoms with Gasteiger partial charge in [-0.25, -0.2) is 13.6 Å². The van der Waals surface area contributed by atoms with Crippen LogP contribution in [0.4, 0.5) is 25.0 Å². The molecule has 176 valence electrons. The molecule has 1 unspecified atom stereocenters. The lowest BCUT2D eigenvalue weighted by Crippen LogP contribution is -2.52. The van der Waals surface area contributed by atoms with Gasteiger partial charge < -0.3 is 10.2 Å². The van der Waals surface area contributed by atoms with Gasteiger partial charge >= 0.3 is 6.03 Å². The second-order valence-corrected chi connectivity index (χ2v) is 8.65. The summed E-state index contributed by atoms with van der Waals surface area (Å²) >= 11 is 0. The Morgan fingerprint density at radius 3 is 2.65 bits per heavy atom. The molecule has 5 rings (SSSR count). The molecule has 0 radical (unpaired) electrons. The van der Waals surface area contributed by atoms with E-state index in [1.165, 1.54) is 21.9 Å². The van der Waals surface area contributed by atoms with Crippen LogP contribution >= 0.6 is 0 Å². The lowest BCUT2D eigenvalue weighted by atomic mass is 10.00.